The highest BCUT2D eigenvalue weighted by atomic mass is 32.2. The fourth-order valence-electron chi connectivity index (χ4n) is 3.08. The molecule has 1 heterocycles. The Morgan fingerprint density at radius 2 is 2.16 bits per heavy atom. The van der Waals surface area contributed by atoms with E-state index < -0.39 is 6.03 Å². The van der Waals surface area contributed by atoms with Gasteiger partial charge in [0.2, 0.25) is 5.91 Å². The van der Waals surface area contributed by atoms with Crippen LogP contribution in [-0.4, -0.2) is 35.6 Å². The third-order valence-electron chi connectivity index (χ3n) is 4.34. The first kappa shape index (κ1) is 17.7. The maximum absolute atomic E-state index is 12.2. The normalized spacial score (nSPS) is 19.6. The van der Waals surface area contributed by atoms with Crippen molar-refractivity contribution in [2.45, 2.75) is 32.2 Å². The summed E-state index contributed by atoms with van der Waals surface area (Å²) in [5.41, 5.74) is 1.86. The quantitative estimate of drug-likeness (QED) is 0.875. The van der Waals surface area contributed by atoms with Crippen LogP contribution in [0.2, 0.25) is 0 Å². The second kappa shape index (κ2) is 8.29. The van der Waals surface area contributed by atoms with Crippen molar-refractivity contribution in [3.8, 4) is 5.75 Å². The number of hydrogen-bond acceptors (Lipinski definition) is 4. The molecule has 132 valence electrons. The predicted molar refractivity (Wildman–Crippen MR) is 99.5 cm³/mol. The summed E-state index contributed by atoms with van der Waals surface area (Å²) in [7, 11) is 1.61. The highest BCUT2D eigenvalue weighted by molar-refractivity contribution is 8.14. The Bertz CT molecular complexity index is 730. The Balaban J connectivity index is 1.53. The van der Waals surface area contributed by atoms with E-state index in [4.69, 9.17) is 4.74 Å². The highest BCUT2D eigenvalue weighted by Gasteiger charge is 2.30. The number of carbonyl (C=O) groups excluding carboxylic acids is 2. The van der Waals surface area contributed by atoms with Crippen LogP contribution in [-0.2, 0) is 11.3 Å². The molecule has 1 N–H and O–H groups in total. The van der Waals surface area contributed by atoms with E-state index in [1.54, 1.807) is 7.11 Å². The standard InChI is InChI=1S/C18H21N3O3S/c1-24-15-9-5-2-6-12(15)10-19-16(22)11-25-17-13-7-3-4-8-14(13)20-18(23)21-17/h2,5-6,9,13H,3-4,7-8,10-11H2,1H3,(H,19,22). The molecule has 25 heavy (non-hydrogen) atoms. The molecule has 3 amide bonds. The number of methoxy groups -OCH3 is 1. The van der Waals surface area contributed by atoms with E-state index in [9.17, 15) is 9.59 Å². The summed E-state index contributed by atoms with van der Waals surface area (Å²) >= 11 is 1.35. The molecular formula is C18H21N3O3S. The van der Waals surface area contributed by atoms with Gasteiger partial charge in [-0.2, -0.15) is 4.99 Å². The largest absolute Gasteiger partial charge is 0.496 e. The van der Waals surface area contributed by atoms with E-state index >= 15 is 0 Å². The molecule has 1 aromatic rings. The first-order valence-electron chi connectivity index (χ1n) is 8.39. The minimum Gasteiger partial charge on any atom is -0.496 e. The van der Waals surface area contributed by atoms with Crippen molar-refractivity contribution >= 4 is 34.5 Å². The topological polar surface area (TPSA) is 80.1 Å². The fourth-order valence-corrected chi connectivity index (χ4v) is 4.06. The number of benzene rings is 1. The SMILES string of the molecule is COc1ccccc1CNC(=O)CSC1=NC(=O)N=C2CCCCC21. The summed E-state index contributed by atoms with van der Waals surface area (Å²) in [4.78, 5) is 31.9. The second-order valence-corrected chi connectivity index (χ2v) is 7.01. The number of urea groups is 1. The summed E-state index contributed by atoms with van der Waals surface area (Å²) in [5.74, 6) is 1.02. The average Bonchev–Trinajstić information content (AvgIpc) is 2.64. The number of thioether (sulfide) groups is 1. The molecule has 1 aromatic carbocycles. The number of amides is 3. The maximum atomic E-state index is 12.2. The molecule has 6 nitrogen and oxygen atoms in total. The molecular weight excluding hydrogens is 338 g/mol. The summed E-state index contributed by atoms with van der Waals surface area (Å²) in [6.45, 7) is 0.408. The van der Waals surface area contributed by atoms with Crippen LogP contribution in [0.5, 0.6) is 5.75 Å². The Kier molecular flexibility index (Phi) is 5.86. The van der Waals surface area contributed by atoms with Crippen LogP contribution in [0, 0.1) is 5.92 Å². The smallest absolute Gasteiger partial charge is 0.367 e. The molecule has 1 atom stereocenters. The van der Waals surface area contributed by atoms with Gasteiger partial charge in [-0.3, -0.25) is 4.79 Å². The van der Waals surface area contributed by atoms with Crippen LogP contribution in [0.15, 0.2) is 34.3 Å². The van der Waals surface area contributed by atoms with Crippen LogP contribution in [0.4, 0.5) is 4.79 Å². The van der Waals surface area contributed by atoms with Crippen molar-refractivity contribution in [3.63, 3.8) is 0 Å². The van der Waals surface area contributed by atoms with E-state index in [-0.39, 0.29) is 17.6 Å². The molecule has 3 rings (SSSR count). The molecule has 0 aromatic heterocycles. The van der Waals surface area contributed by atoms with Crippen molar-refractivity contribution in [2.75, 3.05) is 12.9 Å². The molecule has 2 aliphatic rings. The first-order valence-corrected chi connectivity index (χ1v) is 9.37. The highest BCUT2D eigenvalue weighted by Crippen LogP contribution is 2.30. The summed E-state index contributed by atoms with van der Waals surface area (Å²) < 4.78 is 5.28. The molecule has 0 spiro atoms. The number of fused-ring (bicyclic) bond motifs is 1. The van der Waals surface area contributed by atoms with Crippen molar-refractivity contribution in [3.05, 3.63) is 29.8 Å². The zero-order valence-electron chi connectivity index (χ0n) is 14.2. The molecule has 1 fully saturated rings. The van der Waals surface area contributed by atoms with Gasteiger partial charge in [0.1, 0.15) is 5.75 Å². The number of nitrogens with one attached hydrogen (secondary N) is 1. The number of rotatable bonds is 5. The van der Waals surface area contributed by atoms with Gasteiger partial charge in [0.25, 0.3) is 0 Å². The summed E-state index contributed by atoms with van der Waals surface area (Å²) in [6, 6.07) is 7.14. The van der Waals surface area contributed by atoms with E-state index in [0.29, 0.717) is 6.54 Å². The van der Waals surface area contributed by atoms with Gasteiger partial charge in [0, 0.05) is 23.7 Å². The van der Waals surface area contributed by atoms with Crippen molar-refractivity contribution in [1.82, 2.24) is 5.32 Å². The van der Waals surface area contributed by atoms with E-state index in [0.717, 1.165) is 47.8 Å². The van der Waals surface area contributed by atoms with Gasteiger partial charge in [-0.25, -0.2) is 9.79 Å². The van der Waals surface area contributed by atoms with Crippen LogP contribution in [0.3, 0.4) is 0 Å². The van der Waals surface area contributed by atoms with Gasteiger partial charge in [-0.15, -0.1) is 11.8 Å². The lowest BCUT2D eigenvalue weighted by molar-refractivity contribution is -0.118. The van der Waals surface area contributed by atoms with Crippen molar-refractivity contribution < 1.29 is 14.3 Å². The van der Waals surface area contributed by atoms with Crippen LogP contribution >= 0.6 is 11.8 Å². The van der Waals surface area contributed by atoms with Crippen LogP contribution < -0.4 is 10.1 Å². The Morgan fingerprint density at radius 1 is 1.32 bits per heavy atom. The number of carbonyl (C=O) groups is 2. The molecule has 7 heteroatoms. The third kappa shape index (κ3) is 4.48. The number of aliphatic imine (C=N–C) groups is 2. The van der Waals surface area contributed by atoms with Crippen molar-refractivity contribution in [2.24, 2.45) is 15.9 Å². The van der Waals surface area contributed by atoms with Gasteiger partial charge in [-0.1, -0.05) is 24.6 Å². The summed E-state index contributed by atoms with van der Waals surface area (Å²) in [5, 5.41) is 3.62. The number of ether oxygens (including phenoxy) is 1. The van der Waals surface area contributed by atoms with E-state index in [2.05, 4.69) is 15.3 Å². The summed E-state index contributed by atoms with van der Waals surface area (Å²) in [6.07, 6.45) is 3.99. The average molecular weight is 359 g/mol. The van der Waals surface area contributed by atoms with Gasteiger partial charge >= 0.3 is 6.03 Å². The van der Waals surface area contributed by atoms with Gasteiger partial charge in [-0.05, 0) is 25.3 Å². The molecule has 0 bridgehead atoms. The monoisotopic (exact) mass is 359 g/mol. The molecule has 0 radical (unpaired) electrons. The Morgan fingerprint density at radius 3 is 3.00 bits per heavy atom. The minimum atomic E-state index is -0.440. The van der Waals surface area contributed by atoms with E-state index in [1.807, 2.05) is 24.3 Å². The molecule has 1 saturated carbocycles. The number of para-hydroxylation sites is 1. The molecule has 0 saturated heterocycles. The van der Waals surface area contributed by atoms with Gasteiger partial charge in [0.05, 0.1) is 17.9 Å². The zero-order chi connectivity index (χ0) is 17.6. The van der Waals surface area contributed by atoms with Gasteiger partial charge in [0.15, 0.2) is 0 Å². The van der Waals surface area contributed by atoms with E-state index in [1.165, 1.54) is 11.8 Å². The van der Waals surface area contributed by atoms with Crippen LogP contribution in [0.1, 0.15) is 31.2 Å². The second-order valence-electron chi connectivity index (χ2n) is 6.01. The molecule has 1 aliphatic carbocycles. The lowest BCUT2D eigenvalue weighted by atomic mass is 9.87. The Labute approximate surface area is 151 Å². The predicted octanol–water partition coefficient (Wildman–Crippen LogP) is 3.21. The number of nitrogens with zero attached hydrogens (tertiary/aromatic N) is 2. The van der Waals surface area contributed by atoms with Gasteiger partial charge < -0.3 is 10.1 Å². The lowest BCUT2D eigenvalue weighted by Gasteiger charge is -2.26. The maximum Gasteiger partial charge on any atom is 0.367 e. The number of hydrogen-bond donors (Lipinski definition) is 1. The molecule has 1 aliphatic heterocycles. The Hall–Kier alpha value is -2.15. The fraction of sp³-hybridized carbons (Fsp3) is 0.444. The third-order valence-corrected chi connectivity index (χ3v) is 5.42. The zero-order valence-corrected chi connectivity index (χ0v) is 15.0. The van der Waals surface area contributed by atoms with Crippen molar-refractivity contribution in [1.29, 1.82) is 0 Å². The molecule has 1 unspecified atom stereocenters. The minimum absolute atomic E-state index is 0.0917. The van der Waals surface area contributed by atoms with Crippen LogP contribution in [0.25, 0.3) is 0 Å². The first-order chi connectivity index (χ1) is 12.2. The lowest BCUT2D eigenvalue weighted by Crippen LogP contribution is -2.32.